The highest BCUT2D eigenvalue weighted by Gasteiger charge is 2.17. The van der Waals surface area contributed by atoms with Crippen LogP contribution >= 0.6 is 11.3 Å². The van der Waals surface area contributed by atoms with E-state index in [0.717, 1.165) is 10.4 Å². The fourth-order valence-electron chi connectivity index (χ4n) is 2.04. The van der Waals surface area contributed by atoms with Crippen molar-refractivity contribution in [3.05, 3.63) is 72.3 Å². The van der Waals surface area contributed by atoms with Gasteiger partial charge in [-0.15, -0.1) is 11.3 Å². The van der Waals surface area contributed by atoms with Gasteiger partial charge in [-0.3, -0.25) is 4.72 Å². The summed E-state index contributed by atoms with van der Waals surface area (Å²) in [5.74, 6) is 0. The highest BCUT2D eigenvalue weighted by atomic mass is 32.2. The van der Waals surface area contributed by atoms with Gasteiger partial charge in [0, 0.05) is 10.6 Å². The van der Waals surface area contributed by atoms with Gasteiger partial charge in [0.25, 0.3) is 10.0 Å². The molecule has 0 spiro atoms. The van der Waals surface area contributed by atoms with Crippen LogP contribution in [0.25, 0.3) is 10.4 Å². The third kappa shape index (κ3) is 3.42. The fraction of sp³-hybridized carbons (Fsp3) is 0. The lowest BCUT2D eigenvalue weighted by atomic mass is 10.1. The Labute approximate surface area is 138 Å². The molecule has 3 rings (SSSR count). The summed E-state index contributed by atoms with van der Waals surface area (Å²) in [5.41, 5.74) is 1.99. The first-order valence-corrected chi connectivity index (χ1v) is 9.07. The zero-order valence-corrected chi connectivity index (χ0v) is 13.6. The van der Waals surface area contributed by atoms with Crippen molar-refractivity contribution in [3.8, 4) is 16.5 Å². The highest BCUT2D eigenvalue weighted by molar-refractivity contribution is 7.94. The molecule has 0 saturated heterocycles. The summed E-state index contributed by atoms with van der Waals surface area (Å²) in [6.45, 7) is 0. The Bertz CT molecular complexity index is 954. The van der Waals surface area contributed by atoms with E-state index in [9.17, 15) is 8.42 Å². The van der Waals surface area contributed by atoms with Gasteiger partial charge in [0.1, 0.15) is 4.21 Å². The second kappa shape index (κ2) is 6.24. The van der Waals surface area contributed by atoms with Crippen LogP contribution in [0.3, 0.4) is 0 Å². The fourth-order valence-corrected chi connectivity index (χ4v) is 4.41. The van der Waals surface area contributed by atoms with E-state index in [1.807, 2.05) is 18.2 Å². The monoisotopic (exact) mass is 340 g/mol. The molecule has 0 atom stereocenters. The van der Waals surface area contributed by atoms with Gasteiger partial charge in [0.2, 0.25) is 0 Å². The van der Waals surface area contributed by atoms with Gasteiger partial charge in [-0.25, -0.2) is 8.42 Å². The molecule has 4 nitrogen and oxygen atoms in total. The maximum absolute atomic E-state index is 12.4. The van der Waals surface area contributed by atoms with Gasteiger partial charge >= 0.3 is 0 Å². The van der Waals surface area contributed by atoms with E-state index in [1.165, 1.54) is 11.3 Å². The molecular weight excluding hydrogens is 328 g/mol. The number of sulfonamides is 1. The molecule has 2 aromatic carbocycles. The zero-order chi connectivity index (χ0) is 16.3. The van der Waals surface area contributed by atoms with Crippen molar-refractivity contribution in [2.24, 2.45) is 0 Å². The van der Waals surface area contributed by atoms with E-state index in [2.05, 4.69) is 10.8 Å². The van der Waals surface area contributed by atoms with Crippen molar-refractivity contribution in [2.45, 2.75) is 4.21 Å². The molecule has 0 bridgehead atoms. The quantitative estimate of drug-likeness (QED) is 0.778. The van der Waals surface area contributed by atoms with Gasteiger partial charge in [-0.05, 0) is 42.0 Å². The standard InChI is InChI=1S/C17H12N2O2S2/c18-12-13-6-8-14(9-7-13)16-10-11-17(22-16)23(20,21)19-15-4-2-1-3-5-15/h1-11,19H. The van der Waals surface area contributed by atoms with E-state index in [0.29, 0.717) is 11.3 Å². The molecule has 0 fully saturated rings. The molecule has 0 unspecified atom stereocenters. The Balaban J connectivity index is 1.87. The molecule has 0 amide bonds. The molecule has 1 heterocycles. The van der Waals surface area contributed by atoms with Crippen molar-refractivity contribution in [3.63, 3.8) is 0 Å². The number of nitrogens with one attached hydrogen (secondary N) is 1. The second-order valence-electron chi connectivity index (χ2n) is 4.78. The number of rotatable bonds is 4. The van der Waals surface area contributed by atoms with Crippen molar-refractivity contribution in [1.82, 2.24) is 0 Å². The number of anilines is 1. The van der Waals surface area contributed by atoms with Crippen LogP contribution in [0, 0.1) is 11.3 Å². The molecule has 0 aliphatic carbocycles. The zero-order valence-electron chi connectivity index (χ0n) is 11.9. The Morgan fingerprint density at radius 1 is 0.913 bits per heavy atom. The highest BCUT2D eigenvalue weighted by Crippen LogP contribution is 2.31. The molecule has 1 aromatic heterocycles. The van der Waals surface area contributed by atoms with E-state index in [-0.39, 0.29) is 4.21 Å². The number of hydrogen-bond donors (Lipinski definition) is 1. The molecule has 0 aliphatic heterocycles. The SMILES string of the molecule is N#Cc1ccc(-c2ccc(S(=O)(=O)Nc3ccccc3)s2)cc1. The predicted molar refractivity (Wildman–Crippen MR) is 91.7 cm³/mol. The Hall–Kier alpha value is -2.62. The van der Waals surface area contributed by atoms with Gasteiger partial charge in [0.05, 0.1) is 11.6 Å². The summed E-state index contributed by atoms with van der Waals surface area (Å²) in [6, 6.07) is 21.2. The largest absolute Gasteiger partial charge is 0.279 e. The molecule has 0 aliphatic rings. The molecule has 23 heavy (non-hydrogen) atoms. The summed E-state index contributed by atoms with van der Waals surface area (Å²) in [4.78, 5) is 0.836. The van der Waals surface area contributed by atoms with E-state index >= 15 is 0 Å². The first-order chi connectivity index (χ1) is 11.1. The first-order valence-electron chi connectivity index (χ1n) is 6.77. The summed E-state index contributed by atoms with van der Waals surface area (Å²) >= 11 is 1.19. The van der Waals surface area contributed by atoms with Crippen molar-refractivity contribution in [1.29, 1.82) is 5.26 Å². The third-order valence-electron chi connectivity index (χ3n) is 3.17. The van der Waals surface area contributed by atoms with Crippen LogP contribution in [0.2, 0.25) is 0 Å². The second-order valence-corrected chi connectivity index (χ2v) is 7.77. The molecule has 1 N–H and O–H groups in total. The molecular formula is C17H12N2O2S2. The van der Waals surface area contributed by atoms with Crippen LogP contribution in [-0.4, -0.2) is 8.42 Å². The normalized spacial score (nSPS) is 10.9. The Kier molecular flexibility index (Phi) is 4.15. The Morgan fingerprint density at radius 3 is 2.26 bits per heavy atom. The summed E-state index contributed by atoms with van der Waals surface area (Å²) < 4.78 is 27.6. The lowest BCUT2D eigenvalue weighted by molar-refractivity contribution is 0.603. The smallest absolute Gasteiger partial charge is 0.271 e. The molecule has 0 radical (unpaired) electrons. The van der Waals surface area contributed by atoms with Crippen LogP contribution in [-0.2, 0) is 10.0 Å². The minimum absolute atomic E-state index is 0.251. The molecule has 3 aromatic rings. The first kappa shape index (κ1) is 15.3. The summed E-state index contributed by atoms with van der Waals surface area (Å²) in [7, 11) is -3.60. The van der Waals surface area contributed by atoms with Gasteiger partial charge < -0.3 is 0 Å². The number of nitriles is 1. The molecule has 6 heteroatoms. The van der Waals surface area contributed by atoms with Crippen molar-refractivity contribution in [2.75, 3.05) is 4.72 Å². The molecule has 0 saturated carbocycles. The number of benzene rings is 2. The van der Waals surface area contributed by atoms with Gasteiger partial charge in [0.15, 0.2) is 0 Å². The minimum atomic E-state index is -3.60. The maximum atomic E-state index is 12.4. The van der Waals surface area contributed by atoms with Gasteiger partial charge in [-0.2, -0.15) is 5.26 Å². The van der Waals surface area contributed by atoms with E-state index < -0.39 is 10.0 Å². The number of para-hydroxylation sites is 1. The van der Waals surface area contributed by atoms with Crippen molar-refractivity contribution >= 4 is 27.0 Å². The minimum Gasteiger partial charge on any atom is -0.279 e. The average molecular weight is 340 g/mol. The average Bonchev–Trinajstić information content (AvgIpc) is 3.06. The maximum Gasteiger partial charge on any atom is 0.271 e. The van der Waals surface area contributed by atoms with Crippen LogP contribution < -0.4 is 4.72 Å². The number of hydrogen-bond acceptors (Lipinski definition) is 4. The lowest BCUT2D eigenvalue weighted by Gasteiger charge is -2.05. The van der Waals surface area contributed by atoms with E-state index in [4.69, 9.17) is 5.26 Å². The molecule has 114 valence electrons. The Morgan fingerprint density at radius 2 is 1.61 bits per heavy atom. The van der Waals surface area contributed by atoms with Crippen LogP contribution in [0.4, 0.5) is 5.69 Å². The predicted octanol–water partition coefficient (Wildman–Crippen LogP) is 4.09. The third-order valence-corrected chi connectivity index (χ3v) is 6.18. The lowest BCUT2D eigenvalue weighted by Crippen LogP contribution is -2.11. The van der Waals surface area contributed by atoms with E-state index in [1.54, 1.807) is 48.5 Å². The topological polar surface area (TPSA) is 70.0 Å². The van der Waals surface area contributed by atoms with Gasteiger partial charge in [-0.1, -0.05) is 30.3 Å². The summed E-state index contributed by atoms with van der Waals surface area (Å²) in [6.07, 6.45) is 0. The summed E-state index contributed by atoms with van der Waals surface area (Å²) in [5, 5.41) is 8.82. The number of thiophene rings is 1. The van der Waals surface area contributed by atoms with Crippen LogP contribution in [0.5, 0.6) is 0 Å². The van der Waals surface area contributed by atoms with Crippen molar-refractivity contribution < 1.29 is 8.42 Å². The number of nitrogens with zero attached hydrogens (tertiary/aromatic N) is 1. The van der Waals surface area contributed by atoms with Crippen LogP contribution in [0.15, 0.2) is 70.9 Å². The van der Waals surface area contributed by atoms with Crippen LogP contribution in [0.1, 0.15) is 5.56 Å².